The number of hydrogen-bond acceptors (Lipinski definition) is 4. The third-order valence-electron chi connectivity index (χ3n) is 2.38. The van der Waals surface area contributed by atoms with E-state index in [2.05, 4.69) is 24.7 Å². The van der Waals surface area contributed by atoms with Gasteiger partial charge in [0.1, 0.15) is 0 Å². The molecule has 1 atom stereocenters. The van der Waals surface area contributed by atoms with Crippen LogP contribution >= 0.6 is 0 Å². The summed E-state index contributed by atoms with van der Waals surface area (Å²) >= 11 is 0. The summed E-state index contributed by atoms with van der Waals surface area (Å²) in [7, 11) is 0. The van der Waals surface area contributed by atoms with Crippen LogP contribution in [0.1, 0.15) is 26.7 Å². The average Bonchev–Trinajstić information content (AvgIpc) is 2.81. The Morgan fingerprint density at radius 2 is 2.08 bits per heavy atom. The second-order valence-corrected chi connectivity index (χ2v) is 3.98. The molecule has 0 spiro atoms. The van der Waals surface area contributed by atoms with Gasteiger partial charge in [0.15, 0.2) is 0 Å². The first kappa shape index (κ1) is 9.92. The van der Waals surface area contributed by atoms with Gasteiger partial charge in [0, 0.05) is 0 Å². The van der Waals surface area contributed by atoms with Crippen molar-refractivity contribution in [2.24, 2.45) is 11.7 Å². The van der Waals surface area contributed by atoms with E-state index in [1.54, 1.807) is 0 Å². The van der Waals surface area contributed by atoms with Gasteiger partial charge < -0.3 is 10.8 Å². The van der Waals surface area contributed by atoms with E-state index in [0.29, 0.717) is 5.92 Å². The zero-order valence-corrected chi connectivity index (χ0v) is 7.80. The standard InChI is InChI=1S/C8H19N3O/c1-6(2)7(9)10-11-8(5-12)3-4-8/h6-7,10-12H,3-5,9H2,1-2H3/t7-/m0/s1. The number of rotatable bonds is 5. The van der Waals surface area contributed by atoms with Crippen molar-refractivity contribution in [1.29, 1.82) is 0 Å². The van der Waals surface area contributed by atoms with Gasteiger partial charge in [0.2, 0.25) is 0 Å². The van der Waals surface area contributed by atoms with E-state index in [1.165, 1.54) is 0 Å². The lowest BCUT2D eigenvalue weighted by Crippen LogP contribution is -2.54. The largest absolute Gasteiger partial charge is 0.394 e. The second-order valence-electron chi connectivity index (χ2n) is 3.98. The lowest BCUT2D eigenvalue weighted by molar-refractivity contribution is 0.201. The molecular weight excluding hydrogens is 154 g/mol. The molecule has 4 heteroatoms. The van der Waals surface area contributed by atoms with Gasteiger partial charge in [-0.1, -0.05) is 13.8 Å². The number of aliphatic hydroxyl groups is 1. The lowest BCUT2D eigenvalue weighted by atomic mass is 10.2. The summed E-state index contributed by atoms with van der Waals surface area (Å²) in [6.45, 7) is 4.29. The number of nitrogens with two attached hydrogens (primary N) is 1. The minimum absolute atomic E-state index is 0.0472. The maximum atomic E-state index is 8.96. The fraction of sp³-hybridized carbons (Fsp3) is 1.00. The molecule has 0 heterocycles. The molecule has 0 bridgehead atoms. The maximum Gasteiger partial charge on any atom is 0.0702 e. The third kappa shape index (κ3) is 2.42. The van der Waals surface area contributed by atoms with Gasteiger partial charge in [-0.3, -0.25) is 0 Å². The first-order chi connectivity index (χ1) is 5.59. The van der Waals surface area contributed by atoms with E-state index in [1.807, 2.05) is 0 Å². The number of hydrogen-bond donors (Lipinski definition) is 4. The summed E-state index contributed by atoms with van der Waals surface area (Å²) in [5, 5.41) is 8.96. The van der Waals surface area contributed by atoms with Crippen LogP contribution in [0.5, 0.6) is 0 Å². The zero-order valence-electron chi connectivity index (χ0n) is 7.80. The van der Waals surface area contributed by atoms with Crippen molar-refractivity contribution in [2.45, 2.75) is 38.4 Å². The van der Waals surface area contributed by atoms with E-state index >= 15 is 0 Å². The molecule has 1 fully saturated rings. The highest BCUT2D eigenvalue weighted by molar-refractivity contribution is 5.00. The van der Waals surface area contributed by atoms with Crippen LogP contribution in [0.15, 0.2) is 0 Å². The van der Waals surface area contributed by atoms with Crippen LogP contribution < -0.4 is 16.6 Å². The van der Waals surface area contributed by atoms with Gasteiger partial charge in [-0.15, -0.1) is 0 Å². The minimum Gasteiger partial charge on any atom is -0.394 e. The van der Waals surface area contributed by atoms with Gasteiger partial charge in [0.05, 0.1) is 18.3 Å². The molecule has 0 aliphatic heterocycles. The lowest BCUT2D eigenvalue weighted by Gasteiger charge is -2.22. The highest BCUT2D eigenvalue weighted by Crippen LogP contribution is 2.33. The van der Waals surface area contributed by atoms with Crippen LogP contribution in [-0.2, 0) is 0 Å². The zero-order chi connectivity index (χ0) is 9.19. The Bertz CT molecular complexity index is 145. The summed E-state index contributed by atoms with van der Waals surface area (Å²) in [4.78, 5) is 0. The average molecular weight is 173 g/mol. The molecule has 0 amide bonds. The molecule has 1 saturated carbocycles. The molecule has 1 aliphatic carbocycles. The quantitative estimate of drug-likeness (QED) is 0.335. The first-order valence-electron chi connectivity index (χ1n) is 4.49. The van der Waals surface area contributed by atoms with Gasteiger partial charge >= 0.3 is 0 Å². The molecule has 1 rings (SSSR count). The molecule has 4 nitrogen and oxygen atoms in total. The van der Waals surface area contributed by atoms with E-state index < -0.39 is 0 Å². The molecule has 72 valence electrons. The number of hydrazine groups is 1. The van der Waals surface area contributed by atoms with Gasteiger partial charge in [0.25, 0.3) is 0 Å². The van der Waals surface area contributed by atoms with Crippen molar-refractivity contribution in [1.82, 2.24) is 10.9 Å². The van der Waals surface area contributed by atoms with Crippen LogP contribution in [0, 0.1) is 5.92 Å². The van der Waals surface area contributed by atoms with Crippen molar-refractivity contribution in [3.05, 3.63) is 0 Å². The van der Waals surface area contributed by atoms with Crippen LogP contribution in [0.4, 0.5) is 0 Å². The normalized spacial score (nSPS) is 22.8. The van der Waals surface area contributed by atoms with Gasteiger partial charge in [-0.25, -0.2) is 10.9 Å². The SMILES string of the molecule is CC(C)[C@@H](N)NNC1(CO)CC1. The highest BCUT2D eigenvalue weighted by Gasteiger charge is 2.42. The Kier molecular flexibility index (Phi) is 3.06. The van der Waals surface area contributed by atoms with E-state index in [-0.39, 0.29) is 18.3 Å². The third-order valence-corrected chi connectivity index (χ3v) is 2.38. The van der Waals surface area contributed by atoms with Crippen molar-refractivity contribution in [2.75, 3.05) is 6.61 Å². The van der Waals surface area contributed by atoms with Gasteiger partial charge in [-0.05, 0) is 18.8 Å². The molecule has 0 radical (unpaired) electrons. The topological polar surface area (TPSA) is 70.3 Å². The Labute approximate surface area is 73.5 Å². The van der Waals surface area contributed by atoms with Crippen molar-refractivity contribution < 1.29 is 5.11 Å². The monoisotopic (exact) mass is 173 g/mol. The summed E-state index contributed by atoms with van der Waals surface area (Å²) < 4.78 is 0. The van der Waals surface area contributed by atoms with Crippen LogP contribution in [-0.4, -0.2) is 23.4 Å². The summed E-state index contributed by atoms with van der Waals surface area (Å²) in [5.74, 6) is 0.395. The van der Waals surface area contributed by atoms with E-state index in [0.717, 1.165) is 12.8 Å². The Morgan fingerprint density at radius 1 is 1.50 bits per heavy atom. The maximum absolute atomic E-state index is 8.96. The van der Waals surface area contributed by atoms with Crippen molar-refractivity contribution in [3.8, 4) is 0 Å². The molecule has 0 saturated heterocycles. The Balaban J connectivity index is 2.17. The van der Waals surface area contributed by atoms with Crippen LogP contribution in [0.25, 0.3) is 0 Å². The smallest absolute Gasteiger partial charge is 0.0702 e. The second kappa shape index (κ2) is 3.70. The summed E-state index contributed by atoms with van der Waals surface area (Å²) in [6.07, 6.45) is 2.01. The number of nitrogens with one attached hydrogen (secondary N) is 2. The minimum atomic E-state index is -0.0769. The van der Waals surface area contributed by atoms with Crippen molar-refractivity contribution in [3.63, 3.8) is 0 Å². The predicted molar refractivity (Wildman–Crippen MR) is 48.1 cm³/mol. The molecular formula is C8H19N3O. The molecule has 0 unspecified atom stereocenters. The molecule has 0 aromatic heterocycles. The Hall–Kier alpha value is -0.160. The van der Waals surface area contributed by atoms with Crippen LogP contribution in [0.3, 0.4) is 0 Å². The summed E-state index contributed by atoms with van der Waals surface area (Å²) in [6, 6.07) is 0. The molecule has 0 aromatic carbocycles. The van der Waals surface area contributed by atoms with Gasteiger partial charge in [-0.2, -0.15) is 0 Å². The van der Waals surface area contributed by atoms with E-state index in [9.17, 15) is 0 Å². The molecule has 0 aromatic rings. The Morgan fingerprint density at radius 3 is 2.42 bits per heavy atom. The molecule has 5 N–H and O–H groups in total. The van der Waals surface area contributed by atoms with Crippen LogP contribution in [0.2, 0.25) is 0 Å². The molecule has 1 aliphatic rings. The molecule has 12 heavy (non-hydrogen) atoms. The van der Waals surface area contributed by atoms with E-state index in [4.69, 9.17) is 10.8 Å². The van der Waals surface area contributed by atoms with Crippen molar-refractivity contribution >= 4 is 0 Å². The summed E-state index contributed by atoms with van der Waals surface area (Å²) in [5.41, 5.74) is 11.8. The number of aliphatic hydroxyl groups excluding tert-OH is 1. The predicted octanol–water partition coefficient (Wildman–Crippen LogP) is -0.454. The first-order valence-corrected chi connectivity index (χ1v) is 4.49. The highest BCUT2D eigenvalue weighted by atomic mass is 16.3. The fourth-order valence-corrected chi connectivity index (χ4v) is 0.877. The fourth-order valence-electron chi connectivity index (χ4n) is 0.877.